The van der Waals surface area contributed by atoms with Crippen molar-refractivity contribution in [3.05, 3.63) is 42.7 Å². The third-order valence-electron chi connectivity index (χ3n) is 2.98. The van der Waals surface area contributed by atoms with E-state index in [-0.39, 0.29) is 6.79 Å². The van der Waals surface area contributed by atoms with Crippen LogP contribution in [0.25, 0.3) is 22.8 Å². The van der Waals surface area contributed by atoms with Gasteiger partial charge in [0.25, 0.3) is 5.89 Å². The van der Waals surface area contributed by atoms with E-state index in [1.165, 1.54) is 0 Å². The van der Waals surface area contributed by atoms with Crippen LogP contribution in [0.15, 0.2) is 47.2 Å². The third-order valence-corrected chi connectivity index (χ3v) is 2.98. The zero-order chi connectivity index (χ0) is 13.4. The highest BCUT2D eigenvalue weighted by molar-refractivity contribution is 5.63. The van der Waals surface area contributed by atoms with Crippen LogP contribution in [0.3, 0.4) is 0 Å². The van der Waals surface area contributed by atoms with Gasteiger partial charge in [-0.25, -0.2) is 0 Å². The molecule has 0 saturated heterocycles. The van der Waals surface area contributed by atoms with E-state index in [2.05, 4.69) is 15.1 Å². The van der Waals surface area contributed by atoms with E-state index < -0.39 is 0 Å². The van der Waals surface area contributed by atoms with Gasteiger partial charge in [0.15, 0.2) is 11.5 Å². The summed E-state index contributed by atoms with van der Waals surface area (Å²) in [5.74, 6) is 2.39. The Bertz CT molecular complexity index is 755. The van der Waals surface area contributed by atoms with E-state index in [0.717, 1.165) is 16.9 Å². The Morgan fingerprint density at radius 1 is 0.900 bits per heavy atom. The molecule has 2 aromatic heterocycles. The number of pyridine rings is 1. The lowest BCUT2D eigenvalue weighted by molar-refractivity contribution is 0.174. The van der Waals surface area contributed by atoms with Gasteiger partial charge in [0.05, 0.1) is 0 Å². The second kappa shape index (κ2) is 4.34. The van der Waals surface area contributed by atoms with Gasteiger partial charge in [-0.3, -0.25) is 4.98 Å². The summed E-state index contributed by atoms with van der Waals surface area (Å²) in [5.41, 5.74) is 1.65. The highest BCUT2D eigenvalue weighted by atomic mass is 16.7. The van der Waals surface area contributed by atoms with Gasteiger partial charge in [-0.15, -0.1) is 0 Å². The number of nitrogens with zero attached hydrogens (tertiary/aromatic N) is 3. The molecule has 0 amide bonds. The van der Waals surface area contributed by atoms with Crippen molar-refractivity contribution in [1.29, 1.82) is 0 Å². The van der Waals surface area contributed by atoms with Crippen molar-refractivity contribution in [2.45, 2.75) is 0 Å². The molecule has 0 bridgehead atoms. The summed E-state index contributed by atoms with van der Waals surface area (Å²) in [6, 6.07) is 9.17. The molecular formula is C14H9N3O3. The normalized spacial score (nSPS) is 12.6. The smallest absolute Gasteiger partial charge is 0.258 e. The summed E-state index contributed by atoms with van der Waals surface area (Å²) in [4.78, 5) is 8.33. The molecule has 1 aromatic carbocycles. The fraction of sp³-hybridized carbons (Fsp3) is 0.0714. The molecule has 6 heteroatoms. The lowest BCUT2D eigenvalue weighted by atomic mass is 10.2. The predicted molar refractivity (Wildman–Crippen MR) is 69.1 cm³/mol. The number of benzene rings is 1. The van der Waals surface area contributed by atoms with Crippen LogP contribution in [-0.4, -0.2) is 21.9 Å². The van der Waals surface area contributed by atoms with Crippen LogP contribution in [0.5, 0.6) is 11.5 Å². The van der Waals surface area contributed by atoms with Crippen molar-refractivity contribution in [3.63, 3.8) is 0 Å². The highest BCUT2D eigenvalue weighted by Gasteiger charge is 2.16. The van der Waals surface area contributed by atoms with Gasteiger partial charge in [0, 0.05) is 23.5 Å². The Labute approximate surface area is 114 Å². The van der Waals surface area contributed by atoms with Crippen LogP contribution >= 0.6 is 0 Å². The molecule has 3 heterocycles. The maximum absolute atomic E-state index is 5.34. The molecule has 4 rings (SSSR count). The molecule has 0 spiro atoms. The summed E-state index contributed by atoms with van der Waals surface area (Å²) in [7, 11) is 0. The average molecular weight is 267 g/mol. The van der Waals surface area contributed by atoms with Crippen molar-refractivity contribution < 1.29 is 14.0 Å². The van der Waals surface area contributed by atoms with Gasteiger partial charge < -0.3 is 14.0 Å². The van der Waals surface area contributed by atoms with Crippen molar-refractivity contribution >= 4 is 0 Å². The fourth-order valence-corrected chi connectivity index (χ4v) is 1.99. The first kappa shape index (κ1) is 11.0. The first-order valence-corrected chi connectivity index (χ1v) is 6.04. The standard InChI is InChI=1S/C14H9N3O3/c1-2-11-12(19-8-18-11)7-10(1)13-16-14(20-17-13)9-3-5-15-6-4-9/h1-7H,8H2. The predicted octanol–water partition coefficient (Wildman–Crippen LogP) is 2.53. The minimum absolute atomic E-state index is 0.243. The SMILES string of the molecule is c1cc(-c2nc(-c3ccc4c(c3)OCO4)no2)ccn1. The minimum atomic E-state index is 0.243. The van der Waals surface area contributed by atoms with Crippen LogP contribution in [0.4, 0.5) is 0 Å². The van der Waals surface area contributed by atoms with E-state index in [1.807, 2.05) is 30.3 Å². The first-order valence-electron chi connectivity index (χ1n) is 6.04. The number of fused-ring (bicyclic) bond motifs is 1. The molecule has 0 fully saturated rings. The van der Waals surface area contributed by atoms with E-state index in [0.29, 0.717) is 17.5 Å². The third kappa shape index (κ3) is 1.78. The Hall–Kier alpha value is -2.89. The second-order valence-electron chi connectivity index (χ2n) is 4.23. The van der Waals surface area contributed by atoms with Crippen LogP contribution in [0.2, 0.25) is 0 Å². The van der Waals surface area contributed by atoms with Crippen molar-refractivity contribution in [2.75, 3.05) is 6.79 Å². The number of hydrogen-bond acceptors (Lipinski definition) is 6. The molecule has 98 valence electrons. The molecule has 0 unspecified atom stereocenters. The molecule has 0 radical (unpaired) electrons. The second-order valence-corrected chi connectivity index (χ2v) is 4.23. The summed E-state index contributed by atoms with van der Waals surface area (Å²) in [6.45, 7) is 0.243. The van der Waals surface area contributed by atoms with Crippen LogP contribution in [-0.2, 0) is 0 Å². The molecule has 3 aromatic rings. The largest absolute Gasteiger partial charge is 0.454 e. The van der Waals surface area contributed by atoms with Crippen LogP contribution < -0.4 is 9.47 Å². The van der Waals surface area contributed by atoms with Gasteiger partial charge >= 0.3 is 0 Å². The Morgan fingerprint density at radius 2 is 1.75 bits per heavy atom. The topological polar surface area (TPSA) is 70.3 Å². The summed E-state index contributed by atoms with van der Waals surface area (Å²) >= 11 is 0. The summed E-state index contributed by atoms with van der Waals surface area (Å²) in [6.07, 6.45) is 3.36. The van der Waals surface area contributed by atoms with Crippen molar-refractivity contribution in [1.82, 2.24) is 15.1 Å². The van der Waals surface area contributed by atoms with Gasteiger partial charge in [-0.05, 0) is 30.3 Å². The van der Waals surface area contributed by atoms with Gasteiger partial charge in [-0.1, -0.05) is 5.16 Å². The molecule has 1 aliphatic heterocycles. The van der Waals surface area contributed by atoms with Crippen LogP contribution in [0.1, 0.15) is 0 Å². The van der Waals surface area contributed by atoms with Gasteiger partial charge in [0.2, 0.25) is 12.6 Å². The average Bonchev–Trinajstić information content (AvgIpc) is 3.16. The van der Waals surface area contributed by atoms with Crippen molar-refractivity contribution in [2.24, 2.45) is 0 Å². The molecule has 1 aliphatic rings. The molecule has 0 atom stereocenters. The zero-order valence-electron chi connectivity index (χ0n) is 10.3. The molecule has 0 N–H and O–H groups in total. The van der Waals surface area contributed by atoms with E-state index in [1.54, 1.807) is 12.4 Å². The lowest BCUT2D eigenvalue weighted by Gasteiger charge is -1.97. The number of aromatic nitrogens is 3. The molecule has 20 heavy (non-hydrogen) atoms. The van der Waals surface area contributed by atoms with Crippen LogP contribution in [0, 0.1) is 0 Å². The Morgan fingerprint density at radius 3 is 2.65 bits per heavy atom. The van der Waals surface area contributed by atoms with Gasteiger partial charge in [-0.2, -0.15) is 4.98 Å². The number of ether oxygens (including phenoxy) is 2. The summed E-state index contributed by atoms with van der Waals surface area (Å²) in [5, 5.41) is 3.99. The summed E-state index contributed by atoms with van der Waals surface area (Å²) < 4.78 is 15.9. The van der Waals surface area contributed by atoms with Gasteiger partial charge in [0.1, 0.15) is 0 Å². The quantitative estimate of drug-likeness (QED) is 0.710. The highest BCUT2D eigenvalue weighted by Crippen LogP contribution is 2.35. The molecule has 0 saturated carbocycles. The first-order chi connectivity index (χ1) is 9.90. The lowest BCUT2D eigenvalue weighted by Crippen LogP contribution is -1.92. The molecular weight excluding hydrogens is 258 g/mol. The Balaban J connectivity index is 1.72. The number of hydrogen-bond donors (Lipinski definition) is 0. The van der Waals surface area contributed by atoms with Crippen molar-refractivity contribution in [3.8, 4) is 34.3 Å². The molecule has 0 aliphatic carbocycles. The van der Waals surface area contributed by atoms with E-state index >= 15 is 0 Å². The fourth-order valence-electron chi connectivity index (χ4n) is 1.99. The number of rotatable bonds is 2. The minimum Gasteiger partial charge on any atom is -0.454 e. The zero-order valence-corrected chi connectivity index (χ0v) is 10.3. The maximum atomic E-state index is 5.34. The monoisotopic (exact) mass is 267 g/mol. The van der Waals surface area contributed by atoms with E-state index in [4.69, 9.17) is 14.0 Å². The maximum Gasteiger partial charge on any atom is 0.258 e. The molecule has 6 nitrogen and oxygen atoms in total. The Kier molecular flexibility index (Phi) is 2.38. The van der Waals surface area contributed by atoms with E-state index in [9.17, 15) is 0 Å².